The smallest absolute Gasteiger partial charge is 0.257 e. The Morgan fingerprint density at radius 3 is 2.42 bits per heavy atom. The van der Waals surface area contributed by atoms with E-state index in [-0.39, 0.29) is 29.8 Å². The van der Waals surface area contributed by atoms with Gasteiger partial charge in [0.25, 0.3) is 5.91 Å². The Labute approximate surface area is 207 Å². The van der Waals surface area contributed by atoms with Crippen molar-refractivity contribution in [1.82, 2.24) is 10.2 Å². The lowest BCUT2D eigenvalue weighted by molar-refractivity contribution is 0.0723. The average molecular weight is 489 g/mol. The zero-order chi connectivity index (χ0) is 26.0. The van der Waals surface area contributed by atoms with Crippen LogP contribution in [-0.2, 0) is 0 Å². The minimum absolute atomic E-state index is 0.0990. The lowest BCUT2D eigenvalue weighted by Gasteiger charge is -2.36. The Kier molecular flexibility index (Phi) is 6.93. The maximum absolute atomic E-state index is 14.8. The van der Waals surface area contributed by atoms with Gasteiger partial charge in [0.05, 0.1) is 28.9 Å². The zero-order valence-electron chi connectivity index (χ0n) is 19.7. The first-order chi connectivity index (χ1) is 17.2. The summed E-state index contributed by atoms with van der Waals surface area (Å²) in [6, 6.07) is 15.5. The molecule has 1 aliphatic rings. The maximum atomic E-state index is 14.8. The molecule has 1 aliphatic heterocycles. The predicted molar refractivity (Wildman–Crippen MR) is 132 cm³/mol. The summed E-state index contributed by atoms with van der Waals surface area (Å²) in [7, 11) is 1.60. The van der Waals surface area contributed by atoms with Gasteiger partial charge in [0, 0.05) is 36.5 Å². The highest BCUT2D eigenvalue weighted by Gasteiger charge is 2.33. The van der Waals surface area contributed by atoms with Crippen LogP contribution < -0.4 is 5.32 Å². The molecule has 1 fully saturated rings. The molecule has 1 saturated heterocycles. The summed E-state index contributed by atoms with van der Waals surface area (Å²) in [5.74, 6) is -2.72. The molecule has 0 spiro atoms. The molecule has 36 heavy (non-hydrogen) atoms. The first-order valence-electron chi connectivity index (χ1n) is 11.3. The summed E-state index contributed by atoms with van der Waals surface area (Å²) in [6.45, 7) is 1.85. The molecule has 2 N–H and O–H groups in total. The van der Waals surface area contributed by atoms with Gasteiger partial charge in [-0.2, -0.15) is 5.26 Å². The number of benzene rings is 3. The van der Waals surface area contributed by atoms with Crippen LogP contribution in [0.15, 0.2) is 66.2 Å². The number of rotatable bonds is 4. The van der Waals surface area contributed by atoms with Crippen molar-refractivity contribution in [3.63, 3.8) is 0 Å². The van der Waals surface area contributed by atoms with Crippen LogP contribution in [0.2, 0.25) is 0 Å². The maximum Gasteiger partial charge on any atom is 0.257 e. The van der Waals surface area contributed by atoms with E-state index in [1.165, 1.54) is 29.2 Å². The fourth-order valence-corrected chi connectivity index (χ4v) is 4.47. The number of likely N-dealkylation sites (tertiary alicyclic amines) is 1. The molecule has 1 atom stereocenters. The second-order valence-electron chi connectivity index (χ2n) is 8.49. The summed E-state index contributed by atoms with van der Waals surface area (Å²) in [5, 5.41) is 20.8. The Morgan fingerprint density at radius 1 is 1.06 bits per heavy atom. The van der Waals surface area contributed by atoms with Gasteiger partial charge in [0.15, 0.2) is 0 Å². The predicted octanol–water partition coefficient (Wildman–Crippen LogP) is 5.53. The SMILES string of the molecule is CN/C(=C1/CCN(C(=O)c2cc(-c3cccc(C#N)c3)ccc2F)C(C)C1=N)c1cc(F)cc(F)c1. The number of nitrogens with one attached hydrogen (secondary N) is 2. The highest BCUT2D eigenvalue weighted by molar-refractivity contribution is 6.10. The van der Waals surface area contributed by atoms with Gasteiger partial charge in [-0.15, -0.1) is 0 Å². The molecule has 0 radical (unpaired) electrons. The summed E-state index contributed by atoms with van der Waals surface area (Å²) in [6.07, 6.45) is 0.245. The van der Waals surface area contributed by atoms with Crippen LogP contribution in [0, 0.1) is 34.2 Å². The van der Waals surface area contributed by atoms with E-state index in [1.807, 2.05) is 0 Å². The minimum atomic E-state index is -0.735. The molecule has 5 nitrogen and oxygen atoms in total. The molecule has 1 unspecified atom stereocenters. The second-order valence-corrected chi connectivity index (χ2v) is 8.49. The van der Waals surface area contributed by atoms with Crippen LogP contribution in [0.4, 0.5) is 13.2 Å². The van der Waals surface area contributed by atoms with Crippen LogP contribution in [0.3, 0.4) is 0 Å². The number of nitrogens with zero attached hydrogens (tertiary/aromatic N) is 2. The van der Waals surface area contributed by atoms with Gasteiger partial charge in [-0.1, -0.05) is 18.2 Å². The number of carbonyl (C=O) groups excluding carboxylic acids is 1. The van der Waals surface area contributed by atoms with Crippen LogP contribution >= 0.6 is 0 Å². The topological polar surface area (TPSA) is 80.0 Å². The van der Waals surface area contributed by atoms with Crippen molar-refractivity contribution >= 4 is 17.3 Å². The number of piperidine rings is 1. The van der Waals surface area contributed by atoms with E-state index in [4.69, 9.17) is 10.7 Å². The van der Waals surface area contributed by atoms with Gasteiger partial charge in [0.1, 0.15) is 17.5 Å². The van der Waals surface area contributed by atoms with Crippen LogP contribution in [0.5, 0.6) is 0 Å². The second kappa shape index (κ2) is 10.1. The molecule has 1 heterocycles. The van der Waals surface area contributed by atoms with Crippen LogP contribution in [0.1, 0.15) is 34.8 Å². The van der Waals surface area contributed by atoms with Crippen molar-refractivity contribution in [3.8, 4) is 17.2 Å². The van der Waals surface area contributed by atoms with Crippen molar-refractivity contribution < 1.29 is 18.0 Å². The van der Waals surface area contributed by atoms with E-state index in [1.54, 1.807) is 44.3 Å². The monoisotopic (exact) mass is 488 g/mol. The van der Waals surface area contributed by atoms with Crippen molar-refractivity contribution in [2.75, 3.05) is 13.6 Å². The molecule has 0 aliphatic carbocycles. The van der Waals surface area contributed by atoms with E-state index in [0.717, 1.165) is 6.07 Å². The number of hydrogen-bond donors (Lipinski definition) is 2. The molecule has 1 amide bonds. The molecular weight excluding hydrogens is 465 g/mol. The fraction of sp³-hybridized carbons (Fsp3) is 0.179. The fourth-order valence-electron chi connectivity index (χ4n) is 4.47. The molecule has 182 valence electrons. The highest BCUT2D eigenvalue weighted by Crippen LogP contribution is 2.30. The summed E-state index contributed by atoms with van der Waals surface area (Å²) in [4.78, 5) is 14.8. The van der Waals surface area contributed by atoms with Gasteiger partial charge in [-0.25, -0.2) is 13.2 Å². The Morgan fingerprint density at radius 2 is 1.75 bits per heavy atom. The van der Waals surface area contributed by atoms with E-state index in [2.05, 4.69) is 11.4 Å². The lowest BCUT2D eigenvalue weighted by atomic mass is 9.90. The van der Waals surface area contributed by atoms with Gasteiger partial charge in [-0.3, -0.25) is 4.79 Å². The summed E-state index contributed by atoms with van der Waals surface area (Å²) in [5.41, 5.74) is 2.87. The number of carbonyl (C=O) groups is 1. The molecule has 3 aromatic rings. The molecule has 8 heteroatoms. The first kappa shape index (κ1) is 24.7. The van der Waals surface area contributed by atoms with Crippen molar-refractivity contribution in [2.24, 2.45) is 0 Å². The van der Waals surface area contributed by atoms with E-state index in [9.17, 15) is 18.0 Å². The number of nitriles is 1. The Bertz CT molecular complexity index is 1420. The summed E-state index contributed by atoms with van der Waals surface area (Å²) >= 11 is 0. The molecule has 0 aromatic heterocycles. The molecule has 0 saturated carbocycles. The van der Waals surface area contributed by atoms with E-state index < -0.39 is 29.4 Å². The minimum Gasteiger partial charge on any atom is -0.387 e. The number of halogens is 3. The quantitative estimate of drug-likeness (QED) is 0.507. The third kappa shape index (κ3) is 4.73. The van der Waals surface area contributed by atoms with E-state index in [0.29, 0.717) is 28.0 Å². The lowest BCUT2D eigenvalue weighted by Crippen LogP contribution is -2.48. The van der Waals surface area contributed by atoms with Crippen LogP contribution in [-0.4, -0.2) is 36.2 Å². The largest absolute Gasteiger partial charge is 0.387 e. The van der Waals surface area contributed by atoms with E-state index >= 15 is 0 Å². The molecular formula is C28H23F3N4O. The van der Waals surface area contributed by atoms with Gasteiger partial charge >= 0.3 is 0 Å². The third-order valence-corrected chi connectivity index (χ3v) is 6.30. The first-order valence-corrected chi connectivity index (χ1v) is 11.3. The molecule has 4 rings (SSSR count). The zero-order valence-corrected chi connectivity index (χ0v) is 19.7. The average Bonchev–Trinajstić information content (AvgIpc) is 2.86. The van der Waals surface area contributed by atoms with Crippen molar-refractivity contribution in [3.05, 3.63) is 100 Å². The Balaban J connectivity index is 1.65. The Hall–Kier alpha value is -4.38. The molecule has 3 aromatic carbocycles. The normalized spacial score (nSPS) is 16.9. The molecule has 0 bridgehead atoms. The highest BCUT2D eigenvalue weighted by atomic mass is 19.1. The van der Waals surface area contributed by atoms with Crippen molar-refractivity contribution in [2.45, 2.75) is 19.4 Å². The van der Waals surface area contributed by atoms with Crippen molar-refractivity contribution in [1.29, 1.82) is 10.7 Å². The van der Waals surface area contributed by atoms with Gasteiger partial charge in [-0.05, 0) is 60.9 Å². The summed E-state index contributed by atoms with van der Waals surface area (Å²) < 4.78 is 42.4. The van der Waals surface area contributed by atoms with Crippen LogP contribution in [0.25, 0.3) is 16.8 Å². The van der Waals surface area contributed by atoms with Gasteiger partial charge < -0.3 is 15.6 Å². The number of amides is 1. The standard InChI is InChI=1S/C28H23F3N4O/c1-16-26(33)23(27(34-2)20-11-21(29)14-22(30)12-20)8-9-35(16)28(36)24-13-19(6-7-25(24)31)18-5-3-4-17(10-18)15-32/h3-7,10-14,16,33-34H,8-9H2,1-2H3/b27-23-,33-26?. The number of hydrogen-bond acceptors (Lipinski definition) is 4. The third-order valence-electron chi connectivity index (χ3n) is 6.30. The van der Waals surface area contributed by atoms with Gasteiger partial charge in [0.2, 0.25) is 0 Å².